The summed E-state index contributed by atoms with van der Waals surface area (Å²) in [6.45, 7) is 4.53. The average Bonchev–Trinajstić information content (AvgIpc) is 3.15. The van der Waals surface area contributed by atoms with Gasteiger partial charge in [0, 0.05) is 24.1 Å². The Morgan fingerprint density at radius 2 is 1.66 bits per heavy atom. The first-order valence-corrected chi connectivity index (χ1v) is 12.4. The molecule has 1 amide bonds. The summed E-state index contributed by atoms with van der Waals surface area (Å²) in [4.78, 5) is 44.8. The molecule has 1 fully saturated rings. The summed E-state index contributed by atoms with van der Waals surface area (Å²) in [5, 5.41) is 3.22. The van der Waals surface area contributed by atoms with Crippen LogP contribution in [0.4, 0.5) is 11.4 Å². The Morgan fingerprint density at radius 1 is 0.971 bits per heavy atom. The number of carbonyl (C=O) groups excluding carboxylic acids is 3. The first-order chi connectivity index (χ1) is 17.0. The van der Waals surface area contributed by atoms with E-state index in [9.17, 15) is 14.4 Å². The van der Waals surface area contributed by atoms with Crippen molar-refractivity contribution in [3.63, 3.8) is 0 Å². The van der Waals surface area contributed by atoms with Crippen LogP contribution in [0.1, 0.15) is 46.5 Å². The zero-order valence-electron chi connectivity index (χ0n) is 19.7. The maximum Gasteiger partial charge on any atom is 0.242 e. The van der Waals surface area contributed by atoms with Crippen molar-refractivity contribution in [1.29, 1.82) is 0 Å². The lowest BCUT2D eigenvalue weighted by Gasteiger charge is -2.17. The van der Waals surface area contributed by atoms with Crippen LogP contribution >= 0.6 is 11.8 Å². The van der Waals surface area contributed by atoms with Crippen LogP contribution in [0.3, 0.4) is 0 Å². The second kappa shape index (κ2) is 11.1. The fraction of sp³-hybridized carbons (Fsp3) is 0.214. The van der Waals surface area contributed by atoms with E-state index >= 15 is 0 Å². The van der Waals surface area contributed by atoms with Gasteiger partial charge < -0.3 is 5.32 Å². The number of aliphatic imine (C=N–C) groups is 1. The van der Waals surface area contributed by atoms with Crippen molar-refractivity contribution >= 4 is 45.8 Å². The van der Waals surface area contributed by atoms with Crippen molar-refractivity contribution in [2.75, 3.05) is 11.9 Å². The molecule has 0 aromatic heterocycles. The Hall–Kier alpha value is -3.71. The molecule has 1 heterocycles. The molecule has 35 heavy (non-hydrogen) atoms. The summed E-state index contributed by atoms with van der Waals surface area (Å²) >= 11 is 1.30. The molecule has 1 aliphatic heterocycles. The topological polar surface area (TPSA) is 78.8 Å². The van der Waals surface area contributed by atoms with Gasteiger partial charge in [-0.1, -0.05) is 72.4 Å². The molecule has 7 heteroatoms. The summed E-state index contributed by atoms with van der Waals surface area (Å²) in [6, 6.07) is 24.0. The predicted molar refractivity (Wildman–Crippen MR) is 141 cm³/mol. The maximum atomic E-state index is 13.5. The highest BCUT2D eigenvalue weighted by Crippen LogP contribution is 2.36. The van der Waals surface area contributed by atoms with Gasteiger partial charge in [-0.15, -0.1) is 0 Å². The quantitative estimate of drug-likeness (QED) is 0.392. The average molecular weight is 486 g/mol. The number of carbonyl (C=O) groups is 3. The van der Waals surface area contributed by atoms with E-state index in [1.54, 1.807) is 29.2 Å². The first kappa shape index (κ1) is 24.4. The van der Waals surface area contributed by atoms with Gasteiger partial charge in [0.25, 0.3) is 0 Å². The van der Waals surface area contributed by atoms with Crippen LogP contribution in [0.15, 0.2) is 83.9 Å². The van der Waals surface area contributed by atoms with E-state index in [0.29, 0.717) is 35.1 Å². The van der Waals surface area contributed by atoms with E-state index < -0.39 is 5.25 Å². The second-order valence-electron chi connectivity index (χ2n) is 8.22. The number of thioether (sulfide) groups is 1. The number of nitrogens with zero attached hydrogens (tertiary/aromatic N) is 2. The monoisotopic (exact) mass is 485 g/mol. The lowest BCUT2D eigenvalue weighted by Crippen LogP contribution is -2.32. The fourth-order valence-electron chi connectivity index (χ4n) is 3.83. The minimum absolute atomic E-state index is 0.0582. The fourth-order valence-corrected chi connectivity index (χ4v) is 4.98. The molecule has 178 valence electrons. The standard InChI is InChI=1S/C28H27N3O3S/c1-3-29-23-15-14-22(19(2)32)16-24(23)30-28-31(18-20-10-6-4-7-11-20)27(34)26(35-28)17-25(33)21-12-8-5-9-13-21/h4-16,26,29H,3,17-18H2,1-2H3. The van der Waals surface area contributed by atoms with E-state index in [2.05, 4.69) is 5.32 Å². The predicted octanol–water partition coefficient (Wildman–Crippen LogP) is 5.73. The number of rotatable bonds is 9. The van der Waals surface area contributed by atoms with Crippen molar-refractivity contribution in [2.24, 2.45) is 4.99 Å². The lowest BCUT2D eigenvalue weighted by molar-refractivity contribution is -0.126. The summed E-state index contributed by atoms with van der Waals surface area (Å²) in [5.41, 5.74) is 3.47. The summed E-state index contributed by atoms with van der Waals surface area (Å²) < 4.78 is 0. The highest BCUT2D eigenvalue weighted by Gasteiger charge is 2.39. The van der Waals surface area contributed by atoms with E-state index in [1.165, 1.54) is 18.7 Å². The molecule has 0 bridgehead atoms. The number of amidine groups is 1. The van der Waals surface area contributed by atoms with Gasteiger partial charge in [-0.3, -0.25) is 19.3 Å². The highest BCUT2D eigenvalue weighted by molar-refractivity contribution is 8.15. The normalized spacial score (nSPS) is 16.5. The van der Waals surface area contributed by atoms with Gasteiger partial charge in [0.1, 0.15) is 0 Å². The van der Waals surface area contributed by atoms with E-state index in [1.807, 2.05) is 61.5 Å². The number of benzene rings is 3. The highest BCUT2D eigenvalue weighted by atomic mass is 32.2. The van der Waals surface area contributed by atoms with Gasteiger partial charge in [-0.25, -0.2) is 4.99 Å². The Kier molecular flexibility index (Phi) is 7.77. The van der Waals surface area contributed by atoms with Crippen molar-refractivity contribution in [2.45, 2.75) is 32.1 Å². The third-order valence-electron chi connectivity index (χ3n) is 5.66. The van der Waals surface area contributed by atoms with Crippen molar-refractivity contribution in [3.05, 3.63) is 95.6 Å². The SMILES string of the molecule is CCNc1ccc(C(C)=O)cc1N=C1SC(CC(=O)c2ccccc2)C(=O)N1Cc1ccccc1. The Morgan fingerprint density at radius 3 is 2.31 bits per heavy atom. The van der Waals surface area contributed by atoms with Gasteiger partial charge in [-0.05, 0) is 37.6 Å². The lowest BCUT2D eigenvalue weighted by atomic mass is 10.1. The van der Waals surface area contributed by atoms with Crippen molar-refractivity contribution in [1.82, 2.24) is 4.90 Å². The Bertz CT molecular complexity index is 1260. The van der Waals surface area contributed by atoms with E-state index in [4.69, 9.17) is 4.99 Å². The second-order valence-corrected chi connectivity index (χ2v) is 9.39. The molecule has 1 saturated heterocycles. The van der Waals surface area contributed by atoms with E-state index in [0.717, 1.165) is 11.3 Å². The maximum absolute atomic E-state index is 13.5. The van der Waals surface area contributed by atoms with Crippen LogP contribution in [-0.2, 0) is 11.3 Å². The van der Waals surface area contributed by atoms with Crippen LogP contribution in [0.5, 0.6) is 0 Å². The number of hydrogen-bond donors (Lipinski definition) is 1. The molecule has 0 radical (unpaired) electrons. The molecule has 3 aromatic carbocycles. The largest absolute Gasteiger partial charge is 0.384 e. The van der Waals surface area contributed by atoms with Crippen LogP contribution in [0.25, 0.3) is 0 Å². The number of nitrogens with one attached hydrogen (secondary N) is 1. The van der Waals surface area contributed by atoms with Crippen molar-refractivity contribution in [3.8, 4) is 0 Å². The third kappa shape index (κ3) is 5.87. The molecule has 1 aliphatic rings. The molecular formula is C28H27N3O3S. The molecule has 3 aromatic rings. The number of ketones is 2. The molecule has 4 rings (SSSR count). The van der Waals surface area contributed by atoms with Crippen molar-refractivity contribution < 1.29 is 14.4 Å². The summed E-state index contributed by atoms with van der Waals surface area (Å²) in [6.07, 6.45) is 0.0887. The van der Waals surface area contributed by atoms with Crippen LogP contribution < -0.4 is 5.32 Å². The number of anilines is 1. The van der Waals surface area contributed by atoms with Gasteiger partial charge in [0.05, 0.1) is 23.2 Å². The summed E-state index contributed by atoms with van der Waals surface area (Å²) in [7, 11) is 0. The van der Waals surface area contributed by atoms with E-state index in [-0.39, 0.29) is 23.9 Å². The van der Waals surface area contributed by atoms with Gasteiger partial charge in [0.2, 0.25) is 5.91 Å². The minimum Gasteiger partial charge on any atom is -0.384 e. The Labute approximate surface area is 209 Å². The number of hydrogen-bond acceptors (Lipinski definition) is 6. The third-order valence-corrected chi connectivity index (χ3v) is 6.83. The zero-order chi connectivity index (χ0) is 24.8. The number of Topliss-reactive ketones (excluding diaryl/α,β-unsaturated/α-hetero) is 2. The smallest absolute Gasteiger partial charge is 0.242 e. The van der Waals surface area contributed by atoms with Crippen LogP contribution in [0, 0.1) is 0 Å². The number of amides is 1. The molecule has 6 nitrogen and oxygen atoms in total. The summed E-state index contributed by atoms with van der Waals surface area (Å²) in [5.74, 6) is -0.281. The Balaban J connectivity index is 1.69. The van der Waals surface area contributed by atoms with Gasteiger partial charge in [-0.2, -0.15) is 0 Å². The molecule has 0 spiro atoms. The van der Waals surface area contributed by atoms with Crippen LogP contribution in [0.2, 0.25) is 0 Å². The van der Waals surface area contributed by atoms with Gasteiger partial charge in [0.15, 0.2) is 16.7 Å². The molecule has 1 unspecified atom stereocenters. The molecule has 1 atom stereocenters. The molecule has 0 aliphatic carbocycles. The zero-order valence-corrected chi connectivity index (χ0v) is 20.5. The van der Waals surface area contributed by atoms with Crippen LogP contribution in [-0.4, -0.2) is 39.3 Å². The molecule has 1 N–H and O–H groups in total. The van der Waals surface area contributed by atoms with Gasteiger partial charge >= 0.3 is 0 Å². The minimum atomic E-state index is -0.566. The first-order valence-electron chi connectivity index (χ1n) is 11.5. The molecular weight excluding hydrogens is 458 g/mol. The molecule has 0 saturated carbocycles.